The highest BCUT2D eigenvalue weighted by Crippen LogP contribution is 2.10. The van der Waals surface area contributed by atoms with Crippen LogP contribution in [0.15, 0.2) is 53.9 Å². The van der Waals surface area contributed by atoms with E-state index in [9.17, 15) is 4.39 Å². The van der Waals surface area contributed by atoms with Crippen LogP contribution >= 0.6 is 0 Å². The lowest BCUT2D eigenvalue weighted by Gasteiger charge is -2.03. The molecule has 80 valence electrons. The molecule has 16 heavy (non-hydrogen) atoms. The number of pyridine rings is 1. The molecule has 0 saturated carbocycles. The molecule has 2 aromatic rings. The van der Waals surface area contributed by atoms with Gasteiger partial charge in [-0.1, -0.05) is 5.16 Å². The highest BCUT2D eigenvalue weighted by Gasteiger charge is 2.07. The number of halogens is 1. The Balaban J connectivity index is 2.42. The maximum Gasteiger partial charge on any atom is 0.123 e. The molecule has 3 nitrogen and oxygen atoms in total. The maximum atomic E-state index is 12.7. The second-order valence-corrected chi connectivity index (χ2v) is 3.20. The third-order valence-corrected chi connectivity index (χ3v) is 2.15. The molecule has 0 radical (unpaired) electrons. The molecule has 0 aliphatic carbocycles. The first-order valence-corrected chi connectivity index (χ1v) is 4.69. The molecule has 1 aromatic carbocycles. The molecule has 0 aliphatic heterocycles. The number of oxime groups is 1. The van der Waals surface area contributed by atoms with Gasteiger partial charge in [0.1, 0.15) is 11.5 Å². The first-order valence-electron chi connectivity index (χ1n) is 4.69. The van der Waals surface area contributed by atoms with E-state index in [4.69, 9.17) is 5.21 Å². The van der Waals surface area contributed by atoms with E-state index in [0.717, 1.165) is 0 Å². The van der Waals surface area contributed by atoms with Gasteiger partial charge in [-0.05, 0) is 36.4 Å². The van der Waals surface area contributed by atoms with Crippen molar-refractivity contribution in [2.75, 3.05) is 0 Å². The minimum absolute atomic E-state index is 0.327. The Morgan fingerprint density at radius 3 is 2.44 bits per heavy atom. The molecule has 2 rings (SSSR count). The smallest absolute Gasteiger partial charge is 0.123 e. The molecule has 0 spiro atoms. The van der Waals surface area contributed by atoms with Gasteiger partial charge in [0, 0.05) is 23.5 Å². The van der Waals surface area contributed by atoms with Gasteiger partial charge in [-0.25, -0.2) is 4.39 Å². The van der Waals surface area contributed by atoms with Gasteiger partial charge in [-0.2, -0.15) is 0 Å². The van der Waals surface area contributed by atoms with Crippen LogP contribution in [0.1, 0.15) is 11.1 Å². The normalized spacial score (nSPS) is 11.4. The van der Waals surface area contributed by atoms with Crippen LogP contribution in [0.4, 0.5) is 4.39 Å². The van der Waals surface area contributed by atoms with Crippen LogP contribution in [0.3, 0.4) is 0 Å². The Labute approximate surface area is 91.9 Å². The van der Waals surface area contributed by atoms with Crippen LogP contribution < -0.4 is 0 Å². The second-order valence-electron chi connectivity index (χ2n) is 3.20. The lowest BCUT2D eigenvalue weighted by Crippen LogP contribution is -2.03. The van der Waals surface area contributed by atoms with Gasteiger partial charge >= 0.3 is 0 Å². The van der Waals surface area contributed by atoms with Crippen molar-refractivity contribution in [2.45, 2.75) is 0 Å². The van der Waals surface area contributed by atoms with E-state index in [1.807, 2.05) is 0 Å². The minimum atomic E-state index is -0.327. The van der Waals surface area contributed by atoms with Crippen LogP contribution in [0.2, 0.25) is 0 Å². The zero-order valence-electron chi connectivity index (χ0n) is 8.34. The largest absolute Gasteiger partial charge is 0.410 e. The van der Waals surface area contributed by atoms with Crippen molar-refractivity contribution in [1.82, 2.24) is 4.98 Å². The topological polar surface area (TPSA) is 45.5 Å². The van der Waals surface area contributed by atoms with Gasteiger partial charge in [0.2, 0.25) is 0 Å². The zero-order chi connectivity index (χ0) is 11.4. The first kappa shape index (κ1) is 10.3. The van der Waals surface area contributed by atoms with E-state index in [1.165, 1.54) is 12.1 Å². The monoisotopic (exact) mass is 216 g/mol. The van der Waals surface area contributed by atoms with Crippen LogP contribution in [-0.4, -0.2) is 15.9 Å². The Bertz CT molecular complexity index is 494. The highest BCUT2D eigenvalue weighted by molar-refractivity contribution is 6.12. The number of aromatic nitrogens is 1. The number of hydrogen-bond acceptors (Lipinski definition) is 3. The Kier molecular flexibility index (Phi) is 2.91. The predicted molar refractivity (Wildman–Crippen MR) is 58.1 cm³/mol. The quantitative estimate of drug-likeness (QED) is 0.476. The minimum Gasteiger partial charge on any atom is -0.410 e. The van der Waals surface area contributed by atoms with Gasteiger partial charge in [-0.15, -0.1) is 0 Å². The fourth-order valence-corrected chi connectivity index (χ4v) is 1.39. The Morgan fingerprint density at radius 2 is 1.88 bits per heavy atom. The van der Waals surface area contributed by atoms with Crippen LogP contribution in [0.5, 0.6) is 0 Å². The van der Waals surface area contributed by atoms with Crippen molar-refractivity contribution in [3.8, 4) is 0 Å². The van der Waals surface area contributed by atoms with Crippen molar-refractivity contribution in [3.05, 3.63) is 65.7 Å². The zero-order valence-corrected chi connectivity index (χ0v) is 8.34. The number of hydrogen-bond donors (Lipinski definition) is 1. The Morgan fingerprint density at radius 1 is 1.12 bits per heavy atom. The summed E-state index contributed by atoms with van der Waals surface area (Å²) in [5.41, 5.74) is 1.68. The van der Waals surface area contributed by atoms with Crippen molar-refractivity contribution in [3.63, 3.8) is 0 Å². The molecule has 1 heterocycles. The first-order chi connectivity index (χ1) is 7.81. The third kappa shape index (κ3) is 2.06. The summed E-state index contributed by atoms with van der Waals surface area (Å²) in [4.78, 5) is 3.93. The van der Waals surface area contributed by atoms with Crippen molar-refractivity contribution in [1.29, 1.82) is 0 Å². The van der Waals surface area contributed by atoms with E-state index < -0.39 is 0 Å². The van der Waals surface area contributed by atoms with Gasteiger partial charge in [0.15, 0.2) is 0 Å². The molecule has 0 bridgehead atoms. The summed E-state index contributed by atoms with van der Waals surface area (Å²) in [7, 11) is 0. The summed E-state index contributed by atoms with van der Waals surface area (Å²) in [5, 5.41) is 12.2. The van der Waals surface area contributed by atoms with E-state index >= 15 is 0 Å². The molecule has 1 N–H and O–H groups in total. The van der Waals surface area contributed by atoms with Crippen LogP contribution in [0, 0.1) is 5.82 Å². The van der Waals surface area contributed by atoms with Crippen LogP contribution in [0.25, 0.3) is 0 Å². The maximum absolute atomic E-state index is 12.7. The highest BCUT2D eigenvalue weighted by atomic mass is 19.1. The van der Waals surface area contributed by atoms with Crippen molar-refractivity contribution >= 4 is 5.71 Å². The predicted octanol–water partition coefficient (Wildman–Crippen LogP) is 2.45. The molecular weight excluding hydrogens is 207 g/mol. The standard InChI is InChI=1S/C12H9FN2O/c13-11-5-3-9(4-6-11)12(15-16)10-2-1-7-14-8-10/h1-8,16H. The van der Waals surface area contributed by atoms with E-state index in [2.05, 4.69) is 10.1 Å². The number of nitrogens with zero attached hydrogens (tertiary/aromatic N) is 2. The summed E-state index contributed by atoms with van der Waals surface area (Å²) in [6, 6.07) is 9.25. The molecule has 0 atom stereocenters. The van der Waals surface area contributed by atoms with Crippen molar-refractivity contribution in [2.24, 2.45) is 5.16 Å². The summed E-state index contributed by atoms with van der Waals surface area (Å²) < 4.78 is 12.7. The summed E-state index contributed by atoms with van der Waals surface area (Å²) in [5.74, 6) is -0.327. The molecular formula is C12H9FN2O. The molecule has 0 unspecified atom stereocenters. The lowest BCUT2D eigenvalue weighted by atomic mass is 10.0. The number of rotatable bonds is 2. The lowest BCUT2D eigenvalue weighted by molar-refractivity contribution is 0.319. The SMILES string of the molecule is ON=C(c1ccc(F)cc1)c1cccnc1. The molecule has 0 saturated heterocycles. The summed E-state index contributed by atoms with van der Waals surface area (Å²) in [6.45, 7) is 0. The third-order valence-electron chi connectivity index (χ3n) is 2.15. The average Bonchev–Trinajstić information content (AvgIpc) is 2.34. The molecule has 1 aromatic heterocycles. The van der Waals surface area contributed by atoms with Crippen LogP contribution in [-0.2, 0) is 0 Å². The summed E-state index contributed by atoms with van der Waals surface area (Å²) in [6.07, 6.45) is 3.21. The van der Waals surface area contributed by atoms with E-state index in [1.54, 1.807) is 36.7 Å². The van der Waals surface area contributed by atoms with Gasteiger partial charge < -0.3 is 5.21 Å². The van der Waals surface area contributed by atoms with Gasteiger partial charge in [0.05, 0.1) is 0 Å². The van der Waals surface area contributed by atoms with Crippen molar-refractivity contribution < 1.29 is 9.60 Å². The molecule has 0 aliphatic rings. The van der Waals surface area contributed by atoms with Gasteiger partial charge in [0.25, 0.3) is 0 Å². The molecule has 4 heteroatoms. The van der Waals surface area contributed by atoms with E-state index in [-0.39, 0.29) is 5.82 Å². The fraction of sp³-hybridized carbons (Fsp3) is 0. The Hall–Kier alpha value is -2.23. The molecule has 0 fully saturated rings. The fourth-order valence-electron chi connectivity index (χ4n) is 1.39. The molecule has 0 amide bonds. The average molecular weight is 216 g/mol. The second kappa shape index (κ2) is 4.53. The summed E-state index contributed by atoms with van der Waals surface area (Å²) >= 11 is 0. The van der Waals surface area contributed by atoms with E-state index in [0.29, 0.717) is 16.8 Å². The van der Waals surface area contributed by atoms with Gasteiger partial charge in [-0.3, -0.25) is 4.98 Å². The number of benzene rings is 1.